The maximum Gasteiger partial charge on any atom is 0.210 e. The number of aliphatic hydroxyl groups excluding tert-OH is 13. The Labute approximate surface area is 1040 Å². The van der Waals surface area contributed by atoms with Gasteiger partial charge >= 0.3 is 0 Å². The normalized spacial score (nSPS) is 15.2. The molecule has 148 heavy (non-hydrogen) atoms. The summed E-state index contributed by atoms with van der Waals surface area (Å²) in [7, 11) is -2.51. The summed E-state index contributed by atoms with van der Waals surface area (Å²) >= 11 is 42.9. The quantitative estimate of drug-likeness (QED) is 0.00393. The van der Waals surface area contributed by atoms with E-state index in [2.05, 4.69) is 244 Å². The second kappa shape index (κ2) is 214. The van der Waals surface area contributed by atoms with E-state index < -0.39 is 23.3 Å². The zero-order valence-electron chi connectivity index (χ0n) is 122. The fraction of sp³-hybridized carbons (Fsp3) is 0.931. The van der Waals surface area contributed by atoms with Gasteiger partial charge in [-0.15, -0.1) is 13.2 Å². The molecule has 0 aromatic rings. The number of hydrogen-bond donors (Lipinski definition) is 22. The smallest absolute Gasteiger partial charge is 0.210 e. The molecule has 0 saturated carbocycles. The molecule has 1 fully saturated rings. The summed E-state index contributed by atoms with van der Waals surface area (Å²) in [6.07, 6.45) is 46.3. The summed E-state index contributed by atoms with van der Waals surface area (Å²) in [5.74, 6) is 0. The van der Waals surface area contributed by atoms with Gasteiger partial charge in [-0.25, -0.2) is 112 Å². The van der Waals surface area contributed by atoms with Gasteiger partial charge in [0.1, 0.15) is 35.9 Å². The molecule has 20 nitrogen and oxygen atoms in total. The van der Waals surface area contributed by atoms with E-state index in [4.69, 9.17) is 65.7 Å². The lowest BCUT2D eigenvalue weighted by atomic mass is 10.0. The summed E-state index contributed by atoms with van der Waals surface area (Å²) in [5.41, 5.74) is 1.12. The third kappa shape index (κ3) is 285. The number of unbranched alkanes of at least 4 members (excludes halogenated alkanes) is 4. The van der Waals surface area contributed by atoms with Crippen molar-refractivity contribution in [3.8, 4) is 6.07 Å². The van der Waals surface area contributed by atoms with Gasteiger partial charge < -0.3 is 93.3 Å². The molecule has 0 aliphatic carbocycles. The van der Waals surface area contributed by atoms with Gasteiger partial charge in [0.2, 0.25) is 12.9 Å². The molecule has 16 atom stereocenters. The van der Waals surface area contributed by atoms with Crippen molar-refractivity contribution >= 4 is 275 Å². The van der Waals surface area contributed by atoms with Crippen molar-refractivity contribution in [2.75, 3.05) is 40.8 Å². The number of ether oxygens (including phenoxy) is 1. The van der Waals surface area contributed by atoms with Crippen LogP contribution in [-0.4, -0.2) is 332 Å². The Morgan fingerprint density at radius 2 is 0.608 bits per heavy atom. The Morgan fingerprint density at radius 3 is 0.791 bits per heavy atom. The van der Waals surface area contributed by atoms with Crippen LogP contribution in [0.1, 0.15) is 413 Å². The summed E-state index contributed by atoms with van der Waals surface area (Å²) < 4.78 is 182. The van der Waals surface area contributed by atoms with Gasteiger partial charge in [-0.3, -0.25) is 0 Å². The molecule has 1 rings (SSSR count). The number of carbonyl (C=O) groups excluding carboxylic acids is 2. The summed E-state index contributed by atoms with van der Waals surface area (Å²) in [5, 5.41) is 87.2. The van der Waals surface area contributed by atoms with Crippen LogP contribution in [0.2, 0.25) is 61.4 Å². The number of thiol groups is 9. The molecule has 1 aliphatic heterocycles. The number of alkyl halides is 2. The lowest BCUT2D eigenvalue weighted by Gasteiger charge is -2.16. The Bertz CT molecular complexity index is 2550. The van der Waals surface area contributed by atoms with E-state index in [1.54, 1.807) is 73.6 Å². The number of epoxide rings is 1. The van der Waals surface area contributed by atoms with Gasteiger partial charge in [-0.2, -0.15) is 5.26 Å². The van der Waals surface area contributed by atoms with E-state index in [9.17, 15) is 19.8 Å². The van der Waals surface area contributed by atoms with Gasteiger partial charge in [0.05, 0.1) is 110 Å². The SMILES string of the molecule is C=CC[C@@H](O)CC.CC.CC[C@H]1CO1.[2H]B(C)S.[2H]B(C)S.[2H]B(C)S.[2H]B(C)S.[2H]B(C)S.[2H]B(C)S.[2H]B(C)S.[2H]B(C)S.[2H]B(C)S.[2H]B([3H])CSO[C@@H](CC)CCCC(O)CCC[C@H](CC)O[3H].[2H]B([3H])CSO[C@@H](CC)CCCC(O)CCC[C@H](CC)O[3H].[2H]B([3H])CSO[C@@H](CC)CCCC=O.[3H]O[C@@H](CC)CC=C.[3H]O[C@@H](CC)CCCBr.[3H]O[C@@H](CC)CCCBr.[3H]O[C@@H](CC)CCCC.[3H]O[C@@H](CC)CCCC#N.[3H]O[C@@H](CC)CCCC=O.[3H]O[C@@H](CC)CCCO. The van der Waals surface area contributed by atoms with Crippen LogP contribution in [0.4, 0.5) is 0 Å². The lowest BCUT2D eigenvalue weighted by Crippen LogP contribution is -2.12. The summed E-state index contributed by atoms with van der Waals surface area (Å²) in [6.45, 7) is 55.9. The molecule has 2 unspecified atom stereocenters. The van der Waals surface area contributed by atoms with E-state index in [1.165, 1.54) is 55.4 Å². The maximum atomic E-state index is 10.1. The van der Waals surface area contributed by atoms with E-state index in [-0.39, 0.29) is 157 Å². The molecule has 894 valence electrons. The van der Waals surface area contributed by atoms with Gasteiger partial charge in [0, 0.05) is 36.5 Å². The van der Waals surface area contributed by atoms with E-state index in [0.29, 0.717) is 42.3 Å². The van der Waals surface area contributed by atoms with E-state index >= 15 is 0 Å². The van der Waals surface area contributed by atoms with Crippen molar-refractivity contribution in [1.29, 1.82) is 38.2 Å². The zero-order valence-corrected chi connectivity index (χ0v) is 112. The fourth-order valence-electron chi connectivity index (χ4n) is 9.26. The maximum absolute atomic E-state index is 10.1. The third-order valence-electron chi connectivity index (χ3n) is 18.1. The largest absolute Gasteiger partial charge is 0.396 e. The molecule has 1 saturated heterocycles. The Balaban J connectivity index is -0.0000000751. The number of carbonyl (C=O) groups is 2. The minimum absolute atomic E-state index is 0.0112. The van der Waals surface area contributed by atoms with Crippen LogP contribution in [-0.2, 0) is 26.9 Å². The van der Waals surface area contributed by atoms with Crippen LogP contribution in [0.15, 0.2) is 25.3 Å². The van der Waals surface area contributed by atoms with Gasteiger partial charge in [-0.1, -0.05) is 236 Å². The molecule has 0 radical (unpaired) electrons. The van der Waals surface area contributed by atoms with Crippen molar-refractivity contribution in [2.24, 2.45) is 0 Å². The zero-order chi connectivity index (χ0) is 138. The van der Waals surface area contributed by atoms with E-state index in [1.807, 2.05) is 83.1 Å². The highest BCUT2D eigenvalue weighted by Gasteiger charge is 2.18. The molecule has 0 amide bonds. The van der Waals surface area contributed by atoms with Crippen LogP contribution >= 0.6 is 180 Å². The lowest BCUT2D eigenvalue weighted by molar-refractivity contribution is -0.108. The summed E-state index contributed by atoms with van der Waals surface area (Å²) in [4.78, 5) is 20.0. The number of halogens is 2. The van der Waals surface area contributed by atoms with Gasteiger partial charge in [-0.05, 0) is 336 Å². The summed E-state index contributed by atoms with van der Waals surface area (Å²) in [6, 6.07) is 2.05. The van der Waals surface area contributed by atoms with Crippen LogP contribution in [0.3, 0.4) is 0 Å². The molecule has 0 aromatic heterocycles. The highest BCUT2D eigenvalue weighted by atomic mass is 79.9. The number of nitrogens with zero attached hydrogens (tertiary/aromatic N) is 1. The molecule has 46 heteroatoms. The third-order valence-corrected chi connectivity index (χ3v) is 20.9. The Morgan fingerprint density at radius 1 is 0.392 bits per heavy atom. The average molecular weight is 2500 g/mol. The first kappa shape index (κ1) is 144. The van der Waals surface area contributed by atoms with Crippen molar-refractivity contribution in [3.05, 3.63) is 25.3 Å². The van der Waals surface area contributed by atoms with Crippen molar-refractivity contribution in [3.63, 3.8) is 0 Å². The second-order valence-corrected chi connectivity index (χ2v) is 39.8. The predicted molar refractivity (Wildman–Crippen MR) is 739 cm³/mol. The minimum Gasteiger partial charge on any atom is -0.396 e. The van der Waals surface area contributed by atoms with Crippen molar-refractivity contribution < 1.29 is 93.3 Å². The van der Waals surface area contributed by atoms with Gasteiger partial charge in [0.15, 0.2) is 58.7 Å². The molecular weight excluding hydrogens is 2220 g/mol. The minimum atomic E-state index is -0.844. The number of aldehydes is 2. The topological polar surface area (TPSA) is 361 Å². The number of aliphatic hydroxyl groups is 13. The molecule has 13 N–H and O–H groups in total. The van der Waals surface area contributed by atoms with E-state index in [0.717, 1.165) is 287 Å². The average Bonchev–Trinajstić information content (AvgIpc) is 1.82. The molecule has 1 heterocycles. The van der Waals surface area contributed by atoms with Crippen molar-refractivity contribution in [2.45, 2.75) is 572 Å². The first-order chi connectivity index (χ1) is 81.0. The fourth-order valence-corrected chi connectivity index (χ4v) is 11.4. The van der Waals surface area contributed by atoms with Crippen molar-refractivity contribution in [1.82, 2.24) is 0 Å². The molecule has 0 spiro atoms. The van der Waals surface area contributed by atoms with Crippen LogP contribution < -0.4 is 0 Å². The molecule has 0 bridgehead atoms. The first-order valence-corrected chi connectivity index (χ1v) is 63.9. The highest BCUT2D eigenvalue weighted by molar-refractivity contribution is 9.09. The first-order valence-electron chi connectivity index (χ1n) is 66.6. The number of rotatable bonds is 78. The van der Waals surface area contributed by atoms with Crippen LogP contribution in [0.25, 0.3) is 0 Å². The second-order valence-electron chi connectivity index (χ2n) is 31.3. The monoisotopic (exact) mass is 2500 g/mol. The predicted octanol–water partition coefficient (Wildman–Crippen LogP) is 22.6. The highest BCUT2D eigenvalue weighted by Crippen LogP contribution is 2.21. The Hall–Kier alpha value is 3.57. The number of nitriles is 1. The molecule has 0 aromatic carbocycles. The van der Waals surface area contributed by atoms with Gasteiger partial charge in [0.25, 0.3) is 0 Å². The molecule has 1 aliphatic rings. The standard InChI is InChI=1S/2C14H31BO3S.C8H17BO2S.C7H13NO.C7H14O2.C7H16O.2C6H13BrO.C6H14O2.2C6H12O.C4H8O.C2H6.9CH5BS/c2*1-3-12(16)7-5-8-13(17)9-6-10-14(4-2)18-19-11-15;1-2-8(11-12-7-9)5-3-4-6-10;2*1-2-7(9)5-3-4-6-8;1-3-5-6-7(8)4-2;3*1-2-6(8)4-3-5-7;2*1-3-5-6(7)4-2;1-2-4-3-5-4;1-2;9*1-2-3/h2*12-14,16-17H,3-11,15H2,1-2H3;6,8H,2-5,7,9H2,1H3;7,9H,2-5H2,1H3;6-7,9H,2-5H2,1H3;7-8H,3-6H2,1-2H3;2*6,8H,2-5H2,1H3;6-8H,2-5H2,1H3;2*3,6-7H,1,4-5H2,2H3;4H,2-3H2,1H3;1-2H3;9*2-3H,1H3/t2*12-,13?,14-;8-;3*7-;5*6-;4-;;;;;;;;;;/m000000000000........../s1/i2*15TD,16T;9TD;2*9T;4*8T;7T;;;;9*2D. The van der Waals surface area contributed by atoms with Crippen LogP contribution in [0, 0.1) is 11.3 Å². The van der Waals surface area contributed by atoms with Crippen LogP contribution in [0.5, 0.6) is 0 Å². The number of hydrogen-bond acceptors (Lipinski definition) is 32. The molecular formula is C102H245B12Br2NO19S12. The Kier molecular flexibility index (Phi) is 208.